The van der Waals surface area contributed by atoms with Crippen molar-refractivity contribution in [2.45, 2.75) is 26.0 Å². The van der Waals surface area contributed by atoms with Gasteiger partial charge in [-0.05, 0) is 55.3 Å². The maximum Gasteiger partial charge on any atom is 0.338 e. The molecular formula is C21H21N3O7. The van der Waals surface area contributed by atoms with Gasteiger partial charge in [0.1, 0.15) is 5.75 Å². The molecule has 10 heteroatoms. The highest BCUT2D eigenvalue weighted by Crippen LogP contribution is 2.36. The molecule has 2 amide bonds. The van der Waals surface area contributed by atoms with Crippen LogP contribution in [0.5, 0.6) is 11.5 Å². The van der Waals surface area contributed by atoms with Gasteiger partial charge in [0.2, 0.25) is 0 Å². The van der Waals surface area contributed by atoms with Crippen LogP contribution in [0, 0.1) is 10.1 Å². The molecule has 3 N–H and O–H groups in total. The molecule has 0 saturated heterocycles. The molecule has 0 fully saturated rings. The van der Waals surface area contributed by atoms with Crippen molar-refractivity contribution in [1.82, 2.24) is 10.6 Å². The third kappa shape index (κ3) is 4.58. The number of nitrogens with zero attached hydrogens (tertiary/aromatic N) is 1. The van der Waals surface area contributed by atoms with Crippen molar-refractivity contribution in [1.29, 1.82) is 0 Å². The number of esters is 1. The first-order valence-corrected chi connectivity index (χ1v) is 9.35. The lowest BCUT2D eigenvalue weighted by molar-refractivity contribution is -0.385. The van der Waals surface area contributed by atoms with E-state index in [9.17, 15) is 24.8 Å². The second kappa shape index (κ2) is 8.74. The van der Waals surface area contributed by atoms with E-state index in [2.05, 4.69) is 10.6 Å². The second-order valence-corrected chi connectivity index (χ2v) is 7.01. The maximum atomic E-state index is 13.0. The van der Waals surface area contributed by atoms with Crippen molar-refractivity contribution < 1.29 is 29.1 Å². The average Bonchev–Trinajstić information content (AvgIpc) is 2.72. The number of phenolic OH excluding ortho intramolecular Hbond substituents is 1. The molecule has 2 aromatic rings. The Kier molecular flexibility index (Phi) is 6.10. The van der Waals surface area contributed by atoms with Gasteiger partial charge in [-0.15, -0.1) is 0 Å². The molecule has 162 valence electrons. The van der Waals surface area contributed by atoms with E-state index in [-0.39, 0.29) is 16.8 Å². The van der Waals surface area contributed by atoms with Crippen LogP contribution in [0.1, 0.15) is 31.0 Å². The molecule has 3 rings (SSSR count). The van der Waals surface area contributed by atoms with Gasteiger partial charge in [-0.3, -0.25) is 10.1 Å². The molecule has 0 radical (unpaired) electrons. The lowest BCUT2D eigenvalue weighted by Crippen LogP contribution is -2.45. The number of carbonyl (C=O) groups is 2. The quantitative estimate of drug-likeness (QED) is 0.366. The van der Waals surface area contributed by atoms with E-state index < -0.39 is 40.5 Å². The number of rotatable bonds is 6. The number of benzene rings is 2. The molecule has 1 aliphatic rings. The molecule has 31 heavy (non-hydrogen) atoms. The molecule has 0 spiro atoms. The number of carbonyl (C=O) groups excluding carboxylic acids is 2. The number of urea groups is 1. The number of aromatic hydroxyl groups is 1. The zero-order chi connectivity index (χ0) is 22.7. The van der Waals surface area contributed by atoms with Crippen LogP contribution in [0.2, 0.25) is 0 Å². The topological polar surface area (TPSA) is 140 Å². The highest BCUT2D eigenvalue weighted by atomic mass is 16.6. The zero-order valence-corrected chi connectivity index (χ0v) is 17.0. The van der Waals surface area contributed by atoms with Gasteiger partial charge in [-0.2, -0.15) is 0 Å². The standard InChI is InChI=1S/C21H21N3O7/c1-11(2)31-20(26)17-18(12-4-7-14(30-3)8-5-12)22-21(27)23-19(17)13-6-9-16(25)15(10-13)24(28)29/h4-11,19,25H,1-3H3,(H2,22,23,27). The first-order chi connectivity index (χ1) is 14.7. The Morgan fingerprint density at radius 3 is 2.45 bits per heavy atom. The van der Waals surface area contributed by atoms with Gasteiger partial charge in [-0.25, -0.2) is 9.59 Å². The van der Waals surface area contributed by atoms with Crippen molar-refractivity contribution >= 4 is 23.4 Å². The van der Waals surface area contributed by atoms with Crippen molar-refractivity contribution in [2.75, 3.05) is 7.11 Å². The monoisotopic (exact) mass is 427 g/mol. The van der Waals surface area contributed by atoms with E-state index in [0.29, 0.717) is 11.3 Å². The van der Waals surface area contributed by atoms with Gasteiger partial charge in [0.25, 0.3) is 0 Å². The summed E-state index contributed by atoms with van der Waals surface area (Å²) in [5.74, 6) is -0.643. The van der Waals surface area contributed by atoms with Gasteiger partial charge >= 0.3 is 17.7 Å². The summed E-state index contributed by atoms with van der Waals surface area (Å²) in [4.78, 5) is 35.9. The minimum absolute atomic E-state index is 0.0680. The van der Waals surface area contributed by atoms with E-state index in [4.69, 9.17) is 9.47 Å². The Hall–Kier alpha value is -4.08. The maximum absolute atomic E-state index is 13.0. The summed E-state index contributed by atoms with van der Waals surface area (Å²) in [6.45, 7) is 3.36. The number of hydrogen-bond acceptors (Lipinski definition) is 7. The summed E-state index contributed by atoms with van der Waals surface area (Å²) in [6, 6.07) is 8.67. The Morgan fingerprint density at radius 1 is 1.19 bits per heavy atom. The van der Waals surface area contributed by atoms with Crippen LogP contribution in [-0.4, -0.2) is 35.2 Å². The Morgan fingerprint density at radius 2 is 1.87 bits per heavy atom. The molecule has 0 aromatic heterocycles. The smallest absolute Gasteiger partial charge is 0.338 e. The fraction of sp³-hybridized carbons (Fsp3) is 0.238. The predicted octanol–water partition coefficient (Wildman–Crippen LogP) is 3.03. The summed E-state index contributed by atoms with van der Waals surface area (Å²) in [7, 11) is 1.51. The van der Waals surface area contributed by atoms with E-state index in [1.807, 2.05) is 0 Å². The highest BCUT2D eigenvalue weighted by Gasteiger charge is 2.35. The number of ether oxygens (including phenoxy) is 2. The molecule has 10 nitrogen and oxygen atoms in total. The Labute approximate surface area is 177 Å². The van der Waals surface area contributed by atoms with Crippen molar-refractivity contribution in [3.8, 4) is 11.5 Å². The molecule has 1 heterocycles. The highest BCUT2D eigenvalue weighted by molar-refractivity contribution is 6.04. The van der Waals surface area contributed by atoms with Gasteiger partial charge in [-0.1, -0.05) is 6.07 Å². The van der Waals surface area contributed by atoms with E-state index in [1.165, 1.54) is 13.2 Å². The molecule has 0 aliphatic carbocycles. The van der Waals surface area contributed by atoms with E-state index in [0.717, 1.165) is 12.1 Å². The lowest BCUT2D eigenvalue weighted by atomic mass is 9.92. The molecule has 0 bridgehead atoms. The first-order valence-electron chi connectivity index (χ1n) is 9.35. The SMILES string of the molecule is COc1ccc(C2=C(C(=O)OC(C)C)C(c3ccc(O)c([N+](=O)[O-])c3)NC(=O)N2)cc1. The van der Waals surface area contributed by atoms with Gasteiger partial charge < -0.3 is 25.2 Å². The predicted molar refractivity (Wildman–Crippen MR) is 110 cm³/mol. The molecular weight excluding hydrogens is 406 g/mol. The molecule has 1 unspecified atom stereocenters. The van der Waals surface area contributed by atoms with Crippen LogP contribution in [0.3, 0.4) is 0 Å². The minimum atomic E-state index is -1.04. The number of nitro benzene ring substituents is 1. The van der Waals surface area contributed by atoms with Gasteiger partial charge in [0, 0.05) is 6.07 Å². The number of amides is 2. The Balaban J connectivity index is 2.20. The van der Waals surface area contributed by atoms with Crippen molar-refractivity contribution in [3.05, 3.63) is 69.3 Å². The molecule has 2 aromatic carbocycles. The second-order valence-electron chi connectivity index (χ2n) is 7.01. The Bertz CT molecular complexity index is 1060. The number of hydrogen-bond donors (Lipinski definition) is 3. The number of nitrogens with one attached hydrogen (secondary N) is 2. The number of nitro groups is 1. The molecule has 1 aliphatic heterocycles. The van der Waals surface area contributed by atoms with E-state index >= 15 is 0 Å². The van der Waals surface area contributed by atoms with Crippen LogP contribution in [-0.2, 0) is 9.53 Å². The third-order valence-corrected chi connectivity index (χ3v) is 4.54. The number of methoxy groups -OCH3 is 1. The summed E-state index contributed by atoms with van der Waals surface area (Å²) in [5.41, 5.74) is 0.481. The van der Waals surface area contributed by atoms with Gasteiger partial charge in [0.05, 0.1) is 35.4 Å². The molecule has 0 saturated carbocycles. The summed E-state index contributed by atoms with van der Waals surface area (Å²) >= 11 is 0. The first kappa shape index (κ1) is 21.6. The van der Waals surface area contributed by atoms with Crippen LogP contribution in [0.15, 0.2) is 48.0 Å². The number of phenols is 1. The largest absolute Gasteiger partial charge is 0.502 e. The van der Waals surface area contributed by atoms with Crippen LogP contribution >= 0.6 is 0 Å². The van der Waals surface area contributed by atoms with Gasteiger partial charge in [0.15, 0.2) is 5.75 Å². The fourth-order valence-corrected chi connectivity index (χ4v) is 3.16. The normalized spacial score (nSPS) is 15.9. The summed E-state index contributed by atoms with van der Waals surface area (Å²) in [5, 5.41) is 26.3. The van der Waals surface area contributed by atoms with Crippen molar-refractivity contribution in [3.63, 3.8) is 0 Å². The molecule has 1 atom stereocenters. The van der Waals surface area contributed by atoms with Crippen LogP contribution < -0.4 is 15.4 Å². The lowest BCUT2D eigenvalue weighted by Gasteiger charge is -2.30. The average molecular weight is 427 g/mol. The minimum Gasteiger partial charge on any atom is -0.502 e. The van der Waals surface area contributed by atoms with Crippen LogP contribution in [0.4, 0.5) is 10.5 Å². The fourth-order valence-electron chi connectivity index (χ4n) is 3.16. The summed E-state index contributed by atoms with van der Waals surface area (Å²) < 4.78 is 10.5. The van der Waals surface area contributed by atoms with Crippen LogP contribution in [0.25, 0.3) is 5.70 Å². The summed E-state index contributed by atoms with van der Waals surface area (Å²) in [6.07, 6.45) is -0.440. The van der Waals surface area contributed by atoms with Crippen molar-refractivity contribution in [2.24, 2.45) is 0 Å². The van der Waals surface area contributed by atoms with E-state index in [1.54, 1.807) is 38.1 Å². The zero-order valence-electron chi connectivity index (χ0n) is 17.0. The third-order valence-electron chi connectivity index (χ3n) is 4.54.